The van der Waals surface area contributed by atoms with E-state index in [1.807, 2.05) is 5.38 Å². The zero-order chi connectivity index (χ0) is 11.4. The van der Waals surface area contributed by atoms with Gasteiger partial charge < -0.3 is 5.32 Å². The third-order valence-electron chi connectivity index (χ3n) is 3.06. The average molecular weight is 240 g/mol. The number of hydrogen-bond donors (Lipinski definition) is 1. The van der Waals surface area contributed by atoms with Gasteiger partial charge in [-0.1, -0.05) is 24.2 Å². The molecule has 4 nitrogen and oxygen atoms in total. The third kappa shape index (κ3) is 3.02. The molecular weight excluding hydrogens is 224 g/mol. The highest BCUT2D eigenvalue weighted by Crippen LogP contribution is 2.25. The van der Waals surface area contributed by atoms with Crippen LogP contribution in [0.2, 0.25) is 0 Å². The van der Waals surface area contributed by atoms with Crippen LogP contribution in [0, 0.1) is 16.0 Å². The maximum Gasteiger partial charge on any atom is 0.324 e. The molecule has 1 fully saturated rings. The van der Waals surface area contributed by atoms with Crippen molar-refractivity contribution < 1.29 is 4.92 Å². The lowest BCUT2D eigenvalue weighted by Gasteiger charge is -2.09. The Morgan fingerprint density at radius 3 is 2.88 bits per heavy atom. The Morgan fingerprint density at radius 1 is 1.50 bits per heavy atom. The molecular formula is C11H16N2O2S. The molecule has 0 spiro atoms. The Kier molecular flexibility index (Phi) is 3.90. The molecule has 1 heterocycles. The average Bonchev–Trinajstić information content (AvgIpc) is 2.87. The van der Waals surface area contributed by atoms with Crippen LogP contribution in [0.5, 0.6) is 0 Å². The fourth-order valence-electron chi connectivity index (χ4n) is 2.19. The number of rotatable bonds is 5. The van der Waals surface area contributed by atoms with Crippen LogP contribution in [0.1, 0.15) is 31.2 Å². The molecule has 0 atom stereocenters. The molecule has 0 amide bonds. The van der Waals surface area contributed by atoms with E-state index in [-0.39, 0.29) is 9.92 Å². The molecule has 1 aliphatic rings. The Bertz CT molecular complexity index is 359. The van der Waals surface area contributed by atoms with Gasteiger partial charge in [0, 0.05) is 18.0 Å². The zero-order valence-electron chi connectivity index (χ0n) is 9.15. The van der Waals surface area contributed by atoms with Crippen LogP contribution in [0.25, 0.3) is 0 Å². The van der Waals surface area contributed by atoms with Gasteiger partial charge in [-0.3, -0.25) is 10.1 Å². The van der Waals surface area contributed by atoms with Crippen molar-refractivity contribution >= 4 is 16.3 Å². The summed E-state index contributed by atoms with van der Waals surface area (Å²) >= 11 is 1.20. The van der Waals surface area contributed by atoms with Gasteiger partial charge in [-0.15, -0.1) is 0 Å². The molecule has 1 aromatic rings. The fourth-order valence-corrected chi connectivity index (χ4v) is 2.92. The molecule has 0 bridgehead atoms. The van der Waals surface area contributed by atoms with Crippen molar-refractivity contribution in [3.8, 4) is 0 Å². The van der Waals surface area contributed by atoms with E-state index in [2.05, 4.69) is 5.32 Å². The predicted octanol–water partition coefficient (Wildman–Crippen LogP) is 2.94. The van der Waals surface area contributed by atoms with Crippen molar-refractivity contribution in [2.45, 2.75) is 32.2 Å². The monoisotopic (exact) mass is 240 g/mol. The van der Waals surface area contributed by atoms with Crippen LogP contribution in [0.4, 0.5) is 5.00 Å². The van der Waals surface area contributed by atoms with Gasteiger partial charge in [0.1, 0.15) is 0 Å². The Morgan fingerprint density at radius 2 is 2.25 bits per heavy atom. The molecule has 1 N–H and O–H groups in total. The second-order valence-electron chi connectivity index (χ2n) is 4.33. The van der Waals surface area contributed by atoms with E-state index in [4.69, 9.17) is 0 Å². The van der Waals surface area contributed by atoms with Crippen LogP contribution < -0.4 is 5.32 Å². The van der Waals surface area contributed by atoms with Gasteiger partial charge in [0.2, 0.25) is 0 Å². The first-order chi connectivity index (χ1) is 7.75. The van der Waals surface area contributed by atoms with Gasteiger partial charge >= 0.3 is 5.00 Å². The second kappa shape index (κ2) is 5.41. The van der Waals surface area contributed by atoms with Crippen molar-refractivity contribution in [2.24, 2.45) is 5.92 Å². The Hall–Kier alpha value is -0.940. The standard InChI is InChI=1S/C11H16N2O2S/c14-13(15)11-5-10(8-16-11)7-12-6-9-3-1-2-4-9/h5,8-9,12H,1-4,6-7H2. The summed E-state index contributed by atoms with van der Waals surface area (Å²) in [4.78, 5) is 10.2. The van der Waals surface area contributed by atoms with E-state index < -0.39 is 0 Å². The molecule has 0 radical (unpaired) electrons. The van der Waals surface area contributed by atoms with E-state index in [0.717, 1.165) is 24.6 Å². The normalized spacial score (nSPS) is 16.8. The van der Waals surface area contributed by atoms with E-state index in [1.165, 1.54) is 37.0 Å². The largest absolute Gasteiger partial charge is 0.324 e. The lowest BCUT2D eigenvalue weighted by molar-refractivity contribution is -0.380. The lowest BCUT2D eigenvalue weighted by atomic mass is 10.1. The summed E-state index contributed by atoms with van der Waals surface area (Å²) in [6.45, 7) is 1.80. The van der Waals surface area contributed by atoms with Crippen molar-refractivity contribution in [3.05, 3.63) is 27.1 Å². The number of nitro groups is 1. The van der Waals surface area contributed by atoms with Gasteiger partial charge in [0.25, 0.3) is 0 Å². The van der Waals surface area contributed by atoms with Crippen LogP contribution in [-0.2, 0) is 6.54 Å². The smallest absolute Gasteiger partial charge is 0.312 e. The van der Waals surface area contributed by atoms with Crippen molar-refractivity contribution in [1.82, 2.24) is 5.32 Å². The molecule has 0 aliphatic heterocycles. The highest BCUT2D eigenvalue weighted by molar-refractivity contribution is 7.13. The van der Waals surface area contributed by atoms with E-state index in [9.17, 15) is 10.1 Å². The van der Waals surface area contributed by atoms with E-state index >= 15 is 0 Å². The minimum absolute atomic E-state index is 0.234. The lowest BCUT2D eigenvalue weighted by Crippen LogP contribution is -2.20. The zero-order valence-corrected chi connectivity index (χ0v) is 9.96. The second-order valence-corrected chi connectivity index (χ2v) is 5.22. The number of thiophene rings is 1. The predicted molar refractivity (Wildman–Crippen MR) is 64.6 cm³/mol. The van der Waals surface area contributed by atoms with Gasteiger partial charge in [-0.05, 0) is 30.9 Å². The van der Waals surface area contributed by atoms with Crippen LogP contribution in [-0.4, -0.2) is 11.5 Å². The van der Waals surface area contributed by atoms with Crippen molar-refractivity contribution in [3.63, 3.8) is 0 Å². The fraction of sp³-hybridized carbons (Fsp3) is 0.636. The molecule has 88 valence electrons. The first-order valence-corrected chi connectivity index (χ1v) is 6.56. The Balaban J connectivity index is 1.74. The van der Waals surface area contributed by atoms with Gasteiger partial charge in [0.05, 0.1) is 4.92 Å². The van der Waals surface area contributed by atoms with Crippen LogP contribution >= 0.6 is 11.3 Å². The van der Waals surface area contributed by atoms with Crippen LogP contribution in [0.15, 0.2) is 11.4 Å². The molecule has 0 aromatic carbocycles. The van der Waals surface area contributed by atoms with E-state index in [1.54, 1.807) is 6.07 Å². The SMILES string of the molecule is O=[N+]([O-])c1cc(CNCC2CCCC2)cs1. The molecule has 5 heteroatoms. The molecule has 16 heavy (non-hydrogen) atoms. The maximum atomic E-state index is 10.5. The molecule has 2 rings (SSSR count). The third-order valence-corrected chi connectivity index (χ3v) is 3.99. The van der Waals surface area contributed by atoms with Crippen molar-refractivity contribution in [1.29, 1.82) is 0 Å². The number of nitrogens with one attached hydrogen (secondary N) is 1. The minimum atomic E-state index is -0.328. The summed E-state index contributed by atoms with van der Waals surface area (Å²) in [6.07, 6.45) is 5.38. The first kappa shape index (κ1) is 11.5. The summed E-state index contributed by atoms with van der Waals surface area (Å²) in [5.41, 5.74) is 1.02. The van der Waals surface area contributed by atoms with Crippen molar-refractivity contribution in [2.75, 3.05) is 6.54 Å². The summed E-state index contributed by atoms with van der Waals surface area (Å²) in [5, 5.41) is 16.0. The first-order valence-electron chi connectivity index (χ1n) is 5.68. The summed E-state index contributed by atoms with van der Waals surface area (Å²) in [5.74, 6) is 0.814. The summed E-state index contributed by atoms with van der Waals surface area (Å²) in [7, 11) is 0. The van der Waals surface area contributed by atoms with Gasteiger partial charge in [-0.25, -0.2) is 0 Å². The van der Waals surface area contributed by atoms with Gasteiger partial charge in [-0.2, -0.15) is 0 Å². The quantitative estimate of drug-likeness (QED) is 0.636. The molecule has 1 saturated carbocycles. The Labute approximate surface area is 98.8 Å². The molecule has 1 aliphatic carbocycles. The molecule has 0 unspecified atom stereocenters. The molecule has 0 saturated heterocycles. The highest BCUT2D eigenvalue weighted by atomic mass is 32.1. The van der Waals surface area contributed by atoms with E-state index in [0.29, 0.717) is 0 Å². The number of hydrogen-bond acceptors (Lipinski definition) is 4. The topological polar surface area (TPSA) is 55.2 Å². The van der Waals surface area contributed by atoms with Crippen LogP contribution in [0.3, 0.4) is 0 Å². The summed E-state index contributed by atoms with van der Waals surface area (Å²) < 4.78 is 0. The number of nitrogens with zero attached hydrogens (tertiary/aromatic N) is 1. The highest BCUT2D eigenvalue weighted by Gasteiger charge is 2.14. The van der Waals surface area contributed by atoms with Gasteiger partial charge in [0.15, 0.2) is 0 Å². The summed E-state index contributed by atoms with van der Waals surface area (Å²) in [6, 6.07) is 1.66. The minimum Gasteiger partial charge on any atom is -0.312 e. The molecule has 1 aromatic heterocycles. The maximum absolute atomic E-state index is 10.5.